The lowest BCUT2D eigenvalue weighted by molar-refractivity contribution is 0.112. The summed E-state index contributed by atoms with van der Waals surface area (Å²) in [5.74, 6) is -1.82. The Morgan fingerprint density at radius 1 is 1.19 bits per heavy atom. The van der Waals surface area contributed by atoms with Crippen molar-refractivity contribution in [1.29, 1.82) is 0 Å². The van der Waals surface area contributed by atoms with Crippen LogP contribution in [0.1, 0.15) is 21.7 Å². The predicted molar refractivity (Wildman–Crippen MR) is 71.6 cm³/mol. The van der Waals surface area contributed by atoms with E-state index in [0.29, 0.717) is 23.4 Å². The van der Waals surface area contributed by atoms with E-state index in [1.165, 1.54) is 7.11 Å². The third kappa shape index (κ3) is 3.53. The van der Waals surface area contributed by atoms with Crippen molar-refractivity contribution < 1.29 is 23.0 Å². The van der Waals surface area contributed by atoms with Crippen molar-refractivity contribution in [2.24, 2.45) is 0 Å². The normalized spacial score (nSPS) is 10.3. The summed E-state index contributed by atoms with van der Waals surface area (Å²) in [6, 6.07) is 5.16. The number of pyridine rings is 1. The molecule has 0 unspecified atom stereocenters. The maximum absolute atomic E-state index is 13.7. The van der Waals surface area contributed by atoms with Crippen molar-refractivity contribution in [2.75, 3.05) is 7.11 Å². The molecule has 0 bridgehead atoms. The van der Waals surface area contributed by atoms with Crippen molar-refractivity contribution in [2.45, 2.75) is 13.5 Å². The zero-order chi connectivity index (χ0) is 15.4. The van der Waals surface area contributed by atoms with Gasteiger partial charge in [-0.25, -0.2) is 8.78 Å². The summed E-state index contributed by atoms with van der Waals surface area (Å²) in [5, 5.41) is 0. The molecule has 2 rings (SSSR count). The molecular formula is C15H13F2NO3. The van der Waals surface area contributed by atoms with Gasteiger partial charge < -0.3 is 9.47 Å². The minimum Gasteiger partial charge on any atom is -0.497 e. The second kappa shape index (κ2) is 6.30. The van der Waals surface area contributed by atoms with Crippen LogP contribution in [0.4, 0.5) is 8.78 Å². The SMILES string of the molecule is COc1cc(C)nc(COc2c(F)cc(C=O)cc2F)c1. The number of halogens is 2. The van der Waals surface area contributed by atoms with E-state index < -0.39 is 17.4 Å². The zero-order valence-corrected chi connectivity index (χ0v) is 11.5. The van der Waals surface area contributed by atoms with Crippen molar-refractivity contribution in [3.05, 3.63) is 52.9 Å². The molecule has 2 aromatic rings. The van der Waals surface area contributed by atoms with Gasteiger partial charge in [-0.05, 0) is 19.1 Å². The van der Waals surface area contributed by atoms with Crippen LogP contribution in [0.3, 0.4) is 0 Å². The van der Waals surface area contributed by atoms with Crippen molar-refractivity contribution in [3.8, 4) is 11.5 Å². The number of methoxy groups -OCH3 is 1. The minimum absolute atomic E-state index is 0.0901. The van der Waals surface area contributed by atoms with Gasteiger partial charge in [0.05, 0.1) is 12.8 Å². The Labute approximate surface area is 120 Å². The summed E-state index contributed by atoms with van der Waals surface area (Å²) < 4.78 is 37.5. The van der Waals surface area contributed by atoms with E-state index in [0.717, 1.165) is 12.1 Å². The van der Waals surface area contributed by atoms with E-state index in [1.807, 2.05) is 0 Å². The molecule has 0 atom stereocenters. The number of nitrogens with zero attached hydrogens (tertiary/aromatic N) is 1. The molecule has 1 aromatic heterocycles. The molecule has 0 aliphatic heterocycles. The monoisotopic (exact) mass is 293 g/mol. The maximum atomic E-state index is 13.7. The summed E-state index contributed by atoms with van der Waals surface area (Å²) in [6.07, 6.45) is 0.364. The molecule has 6 heteroatoms. The molecule has 0 spiro atoms. The Bertz CT molecular complexity index is 651. The highest BCUT2D eigenvalue weighted by Crippen LogP contribution is 2.24. The molecule has 0 saturated carbocycles. The van der Waals surface area contributed by atoms with Crippen LogP contribution in [0.2, 0.25) is 0 Å². The van der Waals surface area contributed by atoms with Crippen LogP contribution in [-0.2, 0) is 6.61 Å². The highest BCUT2D eigenvalue weighted by Gasteiger charge is 2.13. The molecule has 0 saturated heterocycles. The molecule has 1 aromatic carbocycles. The lowest BCUT2D eigenvalue weighted by Gasteiger charge is -2.10. The standard InChI is InChI=1S/C15H13F2NO3/c1-9-3-12(20-2)6-11(18-9)8-21-15-13(16)4-10(7-19)5-14(15)17/h3-7H,8H2,1-2H3. The third-order valence-corrected chi connectivity index (χ3v) is 2.74. The van der Waals surface area contributed by atoms with Gasteiger partial charge >= 0.3 is 0 Å². The van der Waals surface area contributed by atoms with Crippen LogP contribution in [0.25, 0.3) is 0 Å². The van der Waals surface area contributed by atoms with E-state index in [2.05, 4.69) is 4.98 Å². The fourth-order valence-electron chi connectivity index (χ4n) is 1.83. The van der Waals surface area contributed by atoms with E-state index in [-0.39, 0.29) is 12.2 Å². The third-order valence-electron chi connectivity index (χ3n) is 2.74. The number of rotatable bonds is 5. The molecule has 0 amide bonds. The maximum Gasteiger partial charge on any atom is 0.191 e. The average molecular weight is 293 g/mol. The van der Waals surface area contributed by atoms with Crippen molar-refractivity contribution in [3.63, 3.8) is 0 Å². The highest BCUT2D eigenvalue weighted by molar-refractivity contribution is 5.75. The molecule has 0 radical (unpaired) electrons. The molecule has 1 heterocycles. The van der Waals surface area contributed by atoms with E-state index >= 15 is 0 Å². The summed E-state index contributed by atoms with van der Waals surface area (Å²) in [4.78, 5) is 14.7. The number of carbonyl (C=O) groups excluding carboxylic acids is 1. The largest absolute Gasteiger partial charge is 0.497 e. The topological polar surface area (TPSA) is 48.4 Å². The average Bonchev–Trinajstić information content (AvgIpc) is 2.45. The number of aromatic nitrogens is 1. The van der Waals surface area contributed by atoms with Crippen LogP contribution in [0.5, 0.6) is 11.5 Å². The van der Waals surface area contributed by atoms with Crippen molar-refractivity contribution in [1.82, 2.24) is 4.98 Å². The number of hydrogen-bond acceptors (Lipinski definition) is 4. The van der Waals surface area contributed by atoms with E-state index in [4.69, 9.17) is 9.47 Å². The quantitative estimate of drug-likeness (QED) is 0.795. The number of aryl methyl sites for hydroxylation is 1. The first-order chi connectivity index (χ1) is 10.0. The van der Waals surface area contributed by atoms with Gasteiger partial charge in [-0.3, -0.25) is 9.78 Å². The fraction of sp³-hybridized carbons (Fsp3) is 0.200. The van der Waals surface area contributed by atoms with Gasteiger partial charge in [-0.15, -0.1) is 0 Å². The van der Waals surface area contributed by atoms with Crippen LogP contribution < -0.4 is 9.47 Å². The van der Waals surface area contributed by atoms with Crippen LogP contribution in [0.15, 0.2) is 24.3 Å². The van der Waals surface area contributed by atoms with Crippen LogP contribution >= 0.6 is 0 Å². The molecule has 0 N–H and O–H groups in total. The number of aldehydes is 1. The van der Waals surface area contributed by atoms with E-state index in [1.54, 1.807) is 19.1 Å². The Kier molecular flexibility index (Phi) is 4.47. The second-order valence-corrected chi connectivity index (χ2v) is 4.36. The first-order valence-corrected chi connectivity index (χ1v) is 6.12. The number of ether oxygens (including phenoxy) is 2. The summed E-state index contributed by atoms with van der Waals surface area (Å²) >= 11 is 0. The highest BCUT2D eigenvalue weighted by atomic mass is 19.1. The molecule has 0 fully saturated rings. The molecular weight excluding hydrogens is 280 g/mol. The number of benzene rings is 1. The number of carbonyl (C=O) groups is 1. The van der Waals surface area contributed by atoms with Gasteiger partial charge in [0.15, 0.2) is 17.4 Å². The molecule has 4 nitrogen and oxygen atoms in total. The Morgan fingerprint density at radius 2 is 1.86 bits per heavy atom. The first-order valence-electron chi connectivity index (χ1n) is 6.12. The van der Waals surface area contributed by atoms with Gasteiger partial charge in [-0.1, -0.05) is 0 Å². The summed E-state index contributed by atoms with van der Waals surface area (Å²) in [5.41, 5.74) is 1.09. The van der Waals surface area contributed by atoms with Gasteiger partial charge in [0.1, 0.15) is 18.6 Å². The molecule has 21 heavy (non-hydrogen) atoms. The van der Waals surface area contributed by atoms with Gasteiger partial charge in [0.2, 0.25) is 0 Å². The Morgan fingerprint density at radius 3 is 2.43 bits per heavy atom. The van der Waals surface area contributed by atoms with Crippen LogP contribution in [0, 0.1) is 18.6 Å². The summed E-state index contributed by atoms with van der Waals surface area (Å²) in [6.45, 7) is 1.65. The predicted octanol–water partition coefficient (Wildman–Crippen LogP) is 3.07. The lowest BCUT2D eigenvalue weighted by atomic mass is 10.2. The molecule has 110 valence electrons. The van der Waals surface area contributed by atoms with Gasteiger partial charge in [-0.2, -0.15) is 0 Å². The Balaban J connectivity index is 2.20. The van der Waals surface area contributed by atoms with Gasteiger partial charge in [0, 0.05) is 23.4 Å². The van der Waals surface area contributed by atoms with Crippen molar-refractivity contribution >= 4 is 6.29 Å². The zero-order valence-electron chi connectivity index (χ0n) is 11.5. The lowest BCUT2D eigenvalue weighted by Crippen LogP contribution is -2.04. The number of hydrogen-bond donors (Lipinski definition) is 0. The van der Waals surface area contributed by atoms with Crippen LogP contribution in [-0.4, -0.2) is 18.4 Å². The van der Waals surface area contributed by atoms with Gasteiger partial charge in [0.25, 0.3) is 0 Å². The fourth-order valence-corrected chi connectivity index (χ4v) is 1.83. The smallest absolute Gasteiger partial charge is 0.191 e. The summed E-state index contributed by atoms with van der Waals surface area (Å²) in [7, 11) is 1.51. The Hall–Kier alpha value is -2.50. The molecule has 0 aliphatic carbocycles. The minimum atomic E-state index is -0.934. The van der Waals surface area contributed by atoms with E-state index in [9.17, 15) is 13.6 Å². The second-order valence-electron chi connectivity index (χ2n) is 4.36. The first kappa shape index (κ1) is 14.9. The molecule has 0 aliphatic rings.